The van der Waals surface area contributed by atoms with E-state index in [1.54, 1.807) is 0 Å². The van der Waals surface area contributed by atoms with E-state index in [4.69, 9.17) is 0 Å². The van der Waals surface area contributed by atoms with Crippen molar-refractivity contribution >= 4 is 39.3 Å². The molecule has 1 saturated heterocycles. The van der Waals surface area contributed by atoms with Crippen molar-refractivity contribution in [1.82, 2.24) is 10.6 Å². The second-order valence-corrected chi connectivity index (χ2v) is 7.12. The fourth-order valence-electron chi connectivity index (χ4n) is 2.57. The Morgan fingerprint density at radius 3 is 3.00 bits per heavy atom. The monoisotopic (exact) mass is 384 g/mol. The zero-order valence-corrected chi connectivity index (χ0v) is 15.7. The Balaban J connectivity index is 1.91. The van der Waals surface area contributed by atoms with Crippen LogP contribution in [0.2, 0.25) is 0 Å². The number of thioether (sulfide) groups is 1. The maximum Gasteiger partial charge on any atom is 0.191 e. The number of para-hydroxylation sites is 1. The number of guanidine groups is 1. The lowest BCUT2D eigenvalue weighted by atomic mass is 10.3. The molecule has 122 valence electrons. The highest BCUT2D eigenvalue weighted by Crippen LogP contribution is 2.28. The van der Waals surface area contributed by atoms with Gasteiger partial charge in [0.1, 0.15) is 0 Å². The Kier molecular flexibility index (Phi) is 7.39. The van der Waals surface area contributed by atoms with E-state index in [1.165, 1.54) is 5.69 Å². The number of nitrogens with one attached hydrogen (secondary N) is 2. The Hall–Kier alpha value is -0.880. The molecule has 0 radical (unpaired) electrons. The van der Waals surface area contributed by atoms with Crippen LogP contribution < -0.4 is 15.5 Å². The molecule has 0 spiro atoms. The van der Waals surface area contributed by atoms with Crippen LogP contribution in [0.3, 0.4) is 0 Å². The third kappa shape index (κ3) is 5.09. The number of hydrogen-bond acceptors (Lipinski definition) is 3. The number of halogens is 1. The van der Waals surface area contributed by atoms with Crippen LogP contribution in [-0.2, 0) is 0 Å². The molecule has 1 fully saturated rings. The first-order chi connectivity index (χ1) is 10.7. The minimum Gasteiger partial charge on any atom is -0.368 e. The molecular weight excluding hydrogens is 360 g/mol. The third-order valence-electron chi connectivity index (χ3n) is 3.63. The van der Waals surface area contributed by atoms with Crippen molar-refractivity contribution in [2.45, 2.75) is 19.4 Å². The van der Waals surface area contributed by atoms with Crippen molar-refractivity contribution in [2.24, 2.45) is 4.99 Å². The molecule has 1 heterocycles. The minimum absolute atomic E-state index is 0.444. The van der Waals surface area contributed by atoms with Crippen LogP contribution >= 0.6 is 27.7 Å². The van der Waals surface area contributed by atoms with E-state index in [-0.39, 0.29) is 0 Å². The quantitative estimate of drug-likeness (QED) is 0.449. The fourth-order valence-corrected chi connectivity index (χ4v) is 3.38. The first-order valence-corrected chi connectivity index (χ1v) is 9.96. The lowest BCUT2D eigenvalue weighted by molar-refractivity contribution is 0.650. The molecule has 1 aromatic rings. The molecule has 1 aliphatic rings. The smallest absolute Gasteiger partial charge is 0.191 e. The molecule has 2 N–H and O–H groups in total. The highest BCUT2D eigenvalue weighted by molar-refractivity contribution is 9.10. The Bertz CT molecular complexity index is 495. The topological polar surface area (TPSA) is 39.7 Å². The largest absolute Gasteiger partial charge is 0.368 e. The Morgan fingerprint density at radius 1 is 1.45 bits per heavy atom. The molecule has 0 aromatic heterocycles. The average molecular weight is 385 g/mol. The highest BCUT2D eigenvalue weighted by atomic mass is 79.9. The fraction of sp³-hybridized carbons (Fsp3) is 0.562. The van der Waals surface area contributed by atoms with E-state index in [9.17, 15) is 0 Å². The summed E-state index contributed by atoms with van der Waals surface area (Å²) in [7, 11) is 0. The van der Waals surface area contributed by atoms with E-state index in [1.807, 2.05) is 11.8 Å². The van der Waals surface area contributed by atoms with Crippen molar-refractivity contribution in [3.8, 4) is 0 Å². The van der Waals surface area contributed by atoms with Gasteiger partial charge in [-0.05, 0) is 47.7 Å². The van der Waals surface area contributed by atoms with Gasteiger partial charge in [-0.3, -0.25) is 4.99 Å². The number of hydrogen-bond donors (Lipinski definition) is 2. The summed E-state index contributed by atoms with van der Waals surface area (Å²) in [4.78, 5) is 7.05. The zero-order valence-electron chi connectivity index (χ0n) is 13.3. The van der Waals surface area contributed by atoms with Gasteiger partial charge < -0.3 is 15.5 Å². The molecule has 1 aromatic carbocycles. The highest BCUT2D eigenvalue weighted by Gasteiger charge is 2.24. The summed E-state index contributed by atoms with van der Waals surface area (Å²) in [6.45, 7) is 5.94. The molecule has 0 aliphatic carbocycles. The van der Waals surface area contributed by atoms with E-state index >= 15 is 0 Å². The molecule has 0 bridgehead atoms. The first kappa shape index (κ1) is 17.5. The predicted octanol–water partition coefficient (Wildman–Crippen LogP) is 2.95. The van der Waals surface area contributed by atoms with Gasteiger partial charge in [-0.25, -0.2) is 0 Å². The van der Waals surface area contributed by atoms with Crippen LogP contribution in [0, 0.1) is 0 Å². The lowest BCUT2D eigenvalue weighted by Gasteiger charge is -2.21. The molecule has 0 amide bonds. The molecule has 1 unspecified atom stereocenters. The predicted molar refractivity (Wildman–Crippen MR) is 102 cm³/mol. The summed E-state index contributed by atoms with van der Waals surface area (Å²) in [5, 5.41) is 6.90. The van der Waals surface area contributed by atoms with Gasteiger partial charge in [-0.15, -0.1) is 0 Å². The van der Waals surface area contributed by atoms with E-state index in [2.05, 4.69) is 73.9 Å². The van der Waals surface area contributed by atoms with Crippen LogP contribution in [0.15, 0.2) is 33.7 Å². The lowest BCUT2D eigenvalue weighted by Crippen LogP contribution is -2.44. The van der Waals surface area contributed by atoms with Crippen LogP contribution in [0.5, 0.6) is 0 Å². The molecule has 6 heteroatoms. The van der Waals surface area contributed by atoms with Gasteiger partial charge in [-0.1, -0.05) is 12.1 Å². The normalized spacial score (nSPS) is 18.6. The van der Waals surface area contributed by atoms with Gasteiger partial charge in [0.05, 0.1) is 12.2 Å². The van der Waals surface area contributed by atoms with Gasteiger partial charge in [0.2, 0.25) is 0 Å². The van der Waals surface area contributed by atoms with Crippen molar-refractivity contribution in [1.29, 1.82) is 0 Å². The van der Waals surface area contributed by atoms with E-state index < -0.39 is 0 Å². The summed E-state index contributed by atoms with van der Waals surface area (Å²) in [6.07, 6.45) is 3.25. The minimum atomic E-state index is 0.444. The molecule has 22 heavy (non-hydrogen) atoms. The van der Waals surface area contributed by atoms with Gasteiger partial charge in [0.15, 0.2) is 5.96 Å². The van der Waals surface area contributed by atoms with Gasteiger partial charge in [0, 0.05) is 35.9 Å². The summed E-state index contributed by atoms with van der Waals surface area (Å²) in [5.74, 6) is 2.00. The summed E-state index contributed by atoms with van der Waals surface area (Å²) in [5.41, 5.74) is 1.27. The summed E-state index contributed by atoms with van der Waals surface area (Å²) in [6, 6.07) is 8.86. The average Bonchev–Trinajstić information content (AvgIpc) is 2.96. The second kappa shape index (κ2) is 9.30. The zero-order chi connectivity index (χ0) is 15.8. The van der Waals surface area contributed by atoms with Gasteiger partial charge in [-0.2, -0.15) is 11.8 Å². The Labute approximate surface area is 146 Å². The van der Waals surface area contributed by atoms with Gasteiger partial charge >= 0.3 is 0 Å². The number of rotatable bonds is 6. The number of benzene rings is 1. The van der Waals surface area contributed by atoms with E-state index in [0.29, 0.717) is 6.04 Å². The molecule has 2 rings (SSSR count). The van der Waals surface area contributed by atoms with Gasteiger partial charge in [0.25, 0.3) is 0 Å². The second-order valence-electron chi connectivity index (χ2n) is 5.28. The van der Waals surface area contributed by atoms with Crippen molar-refractivity contribution in [3.05, 3.63) is 28.7 Å². The number of anilines is 1. The molecular formula is C16H25BrN4S. The van der Waals surface area contributed by atoms with Crippen molar-refractivity contribution in [2.75, 3.05) is 43.1 Å². The van der Waals surface area contributed by atoms with Crippen LogP contribution in [0.25, 0.3) is 0 Å². The third-order valence-corrected chi connectivity index (χ3v) is 4.89. The van der Waals surface area contributed by atoms with Crippen LogP contribution in [0.1, 0.15) is 13.3 Å². The first-order valence-electron chi connectivity index (χ1n) is 7.77. The standard InChI is InChI=1S/C16H25BrN4S/c1-3-18-16(19-9-11-22-2)20-13-8-10-21(12-13)15-7-5-4-6-14(15)17/h4-7,13H,3,8-12H2,1-2H3,(H2,18,19,20). The summed E-state index contributed by atoms with van der Waals surface area (Å²) < 4.78 is 1.16. The maximum absolute atomic E-state index is 4.63. The summed E-state index contributed by atoms with van der Waals surface area (Å²) >= 11 is 5.47. The van der Waals surface area contributed by atoms with Crippen molar-refractivity contribution < 1.29 is 0 Å². The SMILES string of the molecule is CCNC(=NCCSC)NC1CCN(c2ccccc2Br)C1. The molecule has 1 atom stereocenters. The van der Waals surface area contributed by atoms with Crippen LogP contribution in [0.4, 0.5) is 5.69 Å². The van der Waals surface area contributed by atoms with Crippen molar-refractivity contribution in [3.63, 3.8) is 0 Å². The van der Waals surface area contributed by atoms with Crippen LogP contribution in [-0.4, -0.2) is 50.2 Å². The maximum atomic E-state index is 4.63. The number of nitrogens with zero attached hydrogens (tertiary/aromatic N) is 2. The van der Waals surface area contributed by atoms with E-state index in [0.717, 1.165) is 48.8 Å². The molecule has 0 saturated carbocycles. The number of aliphatic imine (C=N–C) groups is 1. The molecule has 1 aliphatic heterocycles. The Morgan fingerprint density at radius 2 is 2.27 bits per heavy atom. The molecule has 4 nitrogen and oxygen atoms in total.